The van der Waals surface area contributed by atoms with Gasteiger partial charge in [-0.05, 0) is 11.1 Å². The number of aromatic nitrogens is 3. The topological polar surface area (TPSA) is 168 Å². The Balaban J connectivity index is 1.42. The second kappa shape index (κ2) is 11.2. The van der Waals surface area contributed by atoms with Crippen LogP contribution in [0.25, 0.3) is 0 Å². The molecule has 1 amide bonds. The first-order chi connectivity index (χ1) is 16.8. The van der Waals surface area contributed by atoms with Gasteiger partial charge in [-0.1, -0.05) is 60.7 Å². The summed E-state index contributed by atoms with van der Waals surface area (Å²) in [6, 6.07) is 18.1. The average Bonchev–Trinajstić information content (AvgIpc) is 3.47. The normalized spacial score (nSPS) is 22.3. The van der Waals surface area contributed by atoms with E-state index in [1.807, 2.05) is 36.4 Å². The van der Waals surface area contributed by atoms with Crippen LogP contribution in [0.2, 0.25) is 0 Å². The lowest BCUT2D eigenvalue weighted by molar-refractivity contribution is -0.0604. The number of carbonyl (C=O) groups is 1. The lowest BCUT2D eigenvalue weighted by Gasteiger charge is -2.21. The largest absolute Gasteiger partial charge is 0.475 e. The Morgan fingerprint density at radius 3 is 2.06 bits per heavy atom. The van der Waals surface area contributed by atoms with Gasteiger partial charge in [0, 0.05) is 0 Å². The number of amides is 1. The maximum atomic E-state index is 13.4. The monoisotopic (exact) mass is 504 g/mol. The van der Waals surface area contributed by atoms with E-state index in [9.17, 15) is 19.6 Å². The van der Waals surface area contributed by atoms with E-state index in [-0.39, 0.29) is 19.0 Å². The fraction of sp³-hybridized carbons (Fsp3) is 0.318. The minimum absolute atomic E-state index is 0.0406. The molecule has 0 bridgehead atoms. The third-order valence-corrected chi connectivity index (χ3v) is 6.54. The first kappa shape index (κ1) is 25.1. The molecule has 2 aromatic carbocycles. The molecular formula is C22H25N4O8P. The number of carbonyl (C=O) groups excluding carboxylic acids is 1. The molecule has 35 heavy (non-hydrogen) atoms. The number of ether oxygens (including phenoxy) is 1. The molecule has 1 saturated heterocycles. The zero-order valence-corrected chi connectivity index (χ0v) is 19.4. The molecule has 12 nitrogen and oxygen atoms in total. The Kier molecular flexibility index (Phi) is 8.04. The number of aliphatic hydroxyl groups excluding tert-OH is 2. The Hall–Kier alpha value is -2.96. The summed E-state index contributed by atoms with van der Waals surface area (Å²) >= 11 is 0. The summed E-state index contributed by atoms with van der Waals surface area (Å²) in [4.78, 5) is 15.0. The molecule has 2 unspecified atom stereocenters. The molecule has 1 fully saturated rings. The number of benzene rings is 2. The van der Waals surface area contributed by atoms with Gasteiger partial charge in [0.15, 0.2) is 6.23 Å². The van der Waals surface area contributed by atoms with E-state index < -0.39 is 44.9 Å². The summed E-state index contributed by atoms with van der Waals surface area (Å²) in [5.74, 6) is -1.13. The number of nitrogens with two attached hydrogens (primary N) is 1. The number of nitrogens with zero attached hydrogens (tertiary/aromatic N) is 3. The third-order valence-electron chi connectivity index (χ3n) is 5.19. The van der Waals surface area contributed by atoms with Crippen LogP contribution < -0.4 is 5.73 Å². The van der Waals surface area contributed by atoms with Crippen LogP contribution in [0.4, 0.5) is 0 Å². The molecule has 4 atom stereocenters. The molecule has 0 spiro atoms. The van der Waals surface area contributed by atoms with Crippen molar-refractivity contribution in [2.45, 2.75) is 37.8 Å². The first-order valence-corrected chi connectivity index (χ1v) is 12.1. The molecule has 0 saturated carbocycles. The van der Waals surface area contributed by atoms with Crippen molar-refractivity contribution < 1.29 is 37.9 Å². The summed E-state index contributed by atoms with van der Waals surface area (Å²) in [6.07, 6.45) is -3.99. The predicted octanol–water partition coefficient (Wildman–Crippen LogP) is 1.55. The van der Waals surface area contributed by atoms with Crippen LogP contribution in [0.5, 0.6) is 0 Å². The SMILES string of the molecule is NC(=O)c1ncn([C@@H]2O[C@H](COP(=O)(OCc3ccccc3)OCc3ccccc3)C(O)C2O)n1. The van der Waals surface area contributed by atoms with E-state index in [1.54, 1.807) is 24.3 Å². The molecule has 2 heterocycles. The van der Waals surface area contributed by atoms with E-state index in [2.05, 4.69) is 10.1 Å². The van der Waals surface area contributed by atoms with Crippen molar-refractivity contribution in [2.75, 3.05) is 6.61 Å². The second-order valence-corrected chi connectivity index (χ2v) is 9.39. The molecule has 0 radical (unpaired) electrons. The number of aliphatic hydroxyl groups is 2. The smallest absolute Gasteiger partial charge is 0.387 e. The minimum atomic E-state index is -4.12. The molecule has 1 aliphatic rings. The van der Waals surface area contributed by atoms with Crippen molar-refractivity contribution in [3.8, 4) is 0 Å². The number of phosphoric ester groups is 1. The zero-order chi connectivity index (χ0) is 24.8. The number of rotatable bonds is 11. The van der Waals surface area contributed by atoms with Crippen LogP contribution in [0.3, 0.4) is 0 Å². The van der Waals surface area contributed by atoms with Crippen LogP contribution in [0.15, 0.2) is 67.0 Å². The molecule has 0 aliphatic carbocycles. The maximum absolute atomic E-state index is 13.4. The lowest BCUT2D eigenvalue weighted by atomic mass is 10.1. The molecule has 13 heteroatoms. The highest BCUT2D eigenvalue weighted by Crippen LogP contribution is 2.51. The van der Waals surface area contributed by atoms with Gasteiger partial charge in [0.1, 0.15) is 24.6 Å². The number of primary amides is 1. The van der Waals surface area contributed by atoms with Gasteiger partial charge in [-0.2, -0.15) is 0 Å². The van der Waals surface area contributed by atoms with Gasteiger partial charge in [0.25, 0.3) is 5.91 Å². The van der Waals surface area contributed by atoms with Crippen LogP contribution in [-0.2, 0) is 36.1 Å². The van der Waals surface area contributed by atoms with Gasteiger partial charge < -0.3 is 20.7 Å². The molecule has 1 aromatic heterocycles. The van der Waals surface area contributed by atoms with Gasteiger partial charge in [-0.3, -0.25) is 18.4 Å². The van der Waals surface area contributed by atoms with Gasteiger partial charge in [-0.15, -0.1) is 5.10 Å². The average molecular weight is 504 g/mol. The summed E-state index contributed by atoms with van der Waals surface area (Å²) in [6.45, 7) is -0.505. The van der Waals surface area contributed by atoms with E-state index in [4.69, 9.17) is 24.0 Å². The third kappa shape index (κ3) is 6.38. The van der Waals surface area contributed by atoms with Crippen LogP contribution in [0, 0.1) is 0 Å². The van der Waals surface area contributed by atoms with Crippen LogP contribution in [-0.4, -0.2) is 55.8 Å². The maximum Gasteiger partial charge on any atom is 0.475 e. The quantitative estimate of drug-likeness (QED) is 0.326. The summed E-state index contributed by atoms with van der Waals surface area (Å²) in [7, 11) is -4.12. The van der Waals surface area contributed by atoms with E-state index >= 15 is 0 Å². The summed E-state index contributed by atoms with van der Waals surface area (Å²) in [5, 5.41) is 24.7. The van der Waals surface area contributed by atoms with Crippen molar-refractivity contribution in [1.82, 2.24) is 14.8 Å². The van der Waals surface area contributed by atoms with Crippen molar-refractivity contribution in [3.05, 3.63) is 83.9 Å². The van der Waals surface area contributed by atoms with E-state index in [0.717, 1.165) is 22.1 Å². The van der Waals surface area contributed by atoms with E-state index in [0.29, 0.717) is 0 Å². The number of hydrogen-bond donors (Lipinski definition) is 3. The highest BCUT2D eigenvalue weighted by Gasteiger charge is 2.45. The molecule has 1 aliphatic heterocycles. The Morgan fingerprint density at radius 2 is 1.54 bits per heavy atom. The van der Waals surface area contributed by atoms with Crippen LogP contribution >= 0.6 is 7.82 Å². The Bertz CT molecular complexity index is 1120. The summed E-state index contributed by atoms with van der Waals surface area (Å²) in [5.41, 5.74) is 6.65. The predicted molar refractivity (Wildman–Crippen MR) is 120 cm³/mol. The van der Waals surface area contributed by atoms with Crippen LogP contribution in [0.1, 0.15) is 28.0 Å². The van der Waals surface area contributed by atoms with Gasteiger partial charge in [0.05, 0.1) is 19.8 Å². The zero-order valence-electron chi connectivity index (χ0n) is 18.5. The Morgan fingerprint density at radius 1 is 0.971 bits per heavy atom. The van der Waals surface area contributed by atoms with Gasteiger partial charge in [0.2, 0.25) is 5.82 Å². The van der Waals surface area contributed by atoms with Crippen molar-refractivity contribution >= 4 is 13.7 Å². The minimum Gasteiger partial charge on any atom is -0.387 e. The number of phosphoric acid groups is 1. The molecule has 4 rings (SSSR count). The molecule has 186 valence electrons. The molecular weight excluding hydrogens is 479 g/mol. The highest BCUT2D eigenvalue weighted by atomic mass is 31.2. The fourth-order valence-corrected chi connectivity index (χ4v) is 4.50. The number of hydrogen-bond acceptors (Lipinski definition) is 10. The highest BCUT2D eigenvalue weighted by molar-refractivity contribution is 7.48. The molecule has 4 N–H and O–H groups in total. The van der Waals surface area contributed by atoms with E-state index in [1.165, 1.54) is 0 Å². The van der Waals surface area contributed by atoms with Crippen molar-refractivity contribution in [1.29, 1.82) is 0 Å². The first-order valence-electron chi connectivity index (χ1n) is 10.7. The lowest BCUT2D eigenvalue weighted by Crippen LogP contribution is -2.33. The van der Waals surface area contributed by atoms with Gasteiger partial charge >= 0.3 is 7.82 Å². The fourth-order valence-electron chi connectivity index (χ4n) is 3.33. The van der Waals surface area contributed by atoms with Gasteiger partial charge in [-0.25, -0.2) is 14.2 Å². The van der Waals surface area contributed by atoms with Crippen molar-refractivity contribution in [2.24, 2.45) is 5.73 Å². The molecule has 3 aromatic rings. The van der Waals surface area contributed by atoms with Crippen molar-refractivity contribution in [3.63, 3.8) is 0 Å². The second-order valence-electron chi connectivity index (χ2n) is 7.72. The summed E-state index contributed by atoms with van der Waals surface area (Å²) < 4.78 is 36.7. The Labute approximate surface area is 200 Å². The standard InChI is InChI=1S/C22H25N4O8P/c23-20(29)21-24-14-26(25-21)22-19(28)18(27)17(34-22)13-33-35(30,31-11-15-7-3-1-4-8-15)32-12-16-9-5-2-6-10-16/h1-10,14,17-19,22,27-28H,11-13H2,(H2,23,29)/t17-,18?,19?,22-/m1/s1.